The van der Waals surface area contributed by atoms with Gasteiger partial charge in [-0.25, -0.2) is 9.59 Å². The second kappa shape index (κ2) is 10.3. The number of amides is 2. The molecule has 0 aromatic rings. The average Bonchev–Trinajstić information content (AvgIpc) is 2.65. The molecule has 8 heteroatoms. The first kappa shape index (κ1) is 30.7. The van der Waals surface area contributed by atoms with Crippen molar-refractivity contribution in [1.82, 2.24) is 0 Å². The van der Waals surface area contributed by atoms with E-state index in [2.05, 4.69) is 69.5 Å². The zero-order valence-electron chi connectivity index (χ0n) is 24.9. The largest absolute Gasteiger partial charge is 0.446 e. The molecule has 2 fully saturated rings. The molecule has 0 unspecified atom stereocenters. The molecular weight excluding hydrogens is 456 g/mol. The van der Waals surface area contributed by atoms with Crippen LogP contribution in [0.15, 0.2) is 0 Å². The summed E-state index contributed by atoms with van der Waals surface area (Å²) in [5.41, 5.74) is 10.6. The highest BCUT2D eigenvalue weighted by Gasteiger charge is 2.58. The lowest BCUT2D eigenvalue weighted by Gasteiger charge is -2.61. The van der Waals surface area contributed by atoms with E-state index < -0.39 is 12.2 Å². The van der Waals surface area contributed by atoms with Crippen LogP contribution in [0.3, 0.4) is 0 Å². The van der Waals surface area contributed by atoms with Crippen LogP contribution in [0.25, 0.3) is 0 Å². The van der Waals surface area contributed by atoms with E-state index in [1.807, 2.05) is 0 Å². The molecule has 36 heavy (non-hydrogen) atoms. The Morgan fingerprint density at radius 2 is 0.861 bits per heavy atom. The summed E-state index contributed by atoms with van der Waals surface area (Å²) in [7, 11) is 4.74. The first-order valence-electron chi connectivity index (χ1n) is 13.8. The third kappa shape index (κ3) is 5.95. The van der Waals surface area contributed by atoms with E-state index in [9.17, 15) is 9.59 Å². The molecule has 0 spiro atoms. The molecule has 2 rings (SSSR count). The molecule has 4 N–H and O–H groups in total. The van der Waals surface area contributed by atoms with Crippen molar-refractivity contribution in [3.8, 4) is 0 Å². The van der Waals surface area contributed by atoms with Gasteiger partial charge in [0.25, 0.3) is 0 Å². The summed E-state index contributed by atoms with van der Waals surface area (Å²) >= 11 is 0. The van der Waals surface area contributed by atoms with Crippen molar-refractivity contribution < 1.29 is 28.0 Å². The smallest absolute Gasteiger partial charge is 0.404 e. The van der Waals surface area contributed by atoms with Crippen molar-refractivity contribution in [3.05, 3.63) is 0 Å². The maximum atomic E-state index is 11.4. The van der Waals surface area contributed by atoms with Crippen molar-refractivity contribution in [3.63, 3.8) is 0 Å². The van der Waals surface area contributed by atoms with Crippen LogP contribution in [-0.2, 0) is 9.47 Å². The van der Waals surface area contributed by atoms with E-state index in [1.165, 1.54) is 25.7 Å². The van der Waals surface area contributed by atoms with Gasteiger partial charge in [0.05, 0.1) is 49.3 Å². The maximum Gasteiger partial charge on any atom is 0.404 e. The molecule has 210 valence electrons. The Labute approximate surface area is 220 Å². The van der Waals surface area contributed by atoms with E-state index >= 15 is 0 Å². The number of carbonyl (C=O) groups excluding carboxylic acids is 2. The van der Waals surface area contributed by atoms with Crippen LogP contribution in [0.5, 0.6) is 0 Å². The lowest BCUT2D eigenvalue weighted by atomic mass is 9.74. The molecule has 8 nitrogen and oxygen atoms in total. The average molecular weight is 513 g/mol. The molecule has 0 atom stereocenters. The van der Waals surface area contributed by atoms with E-state index in [4.69, 9.17) is 20.9 Å². The second-order valence-electron chi connectivity index (χ2n) is 14.4. The summed E-state index contributed by atoms with van der Waals surface area (Å²) in [4.78, 5) is 22.7. The molecule has 2 saturated heterocycles. The summed E-state index contributed by atoms with van der Waals surface area (Å²) < 4.78 is 12.8. The minimum Gasteiger partial charge on any atom is -0.446 e. The highest BCUT2D eigenvalue weighted by molar-refractivity contribution is 5.65. The number of quaternary nitrogens is 2. The Morgan fingerprint density at radius 3 is 1.08 bits per heavy atom. The number of hydrogen-bond acceptors (Lipinski definition) is 4. The number of nitrogens with zero attached hydrogens (tertiary/aromatic N) is 2. The number of unbranched alkanes of at least 4 members (excludes halogenated alkanes) is 3. The Hall–Kier alpha value is -1.54. The van der Waals surface area contributed by atoms with E-state index in [1.54, 1.807) is 0 Å². The fourth-order valence-electron chi connectivity index (χ4n) is 7.73. The Bertz CT molecular complexity index is 703. The van der Waals surface area contributed by atoms with Crippen LogP contribution in [0, 0.1) is 0 Å². The number of hydrogen-bond donors (Lipinski definition) is 2. The predicted octanol–water partition coefficient (Wildman–Crippen LogP) is 5.07. The summed E-state index contributed by atoms with van der Waals surface area (Å²) in [6.07, 6.45) is 6.50. The van der Waals surface area contributed by atoms with Gasteiger partial charge in [-0.2, -0.15) is 0 Å². The lowest BCUT2D eigenvalue weighted by molar-refractivity contribution is -1.00. The molecule has 0 radical (unpaired) electrons. The highest BCUT2D eigenvalue weighted by Crippen LogP contribution is 2.47. The van der Waals surface area contributed by atoms with Gasteiger partial charge in [-0.3, -0.25) is 0 Å². The Morgan fingerprint density at radius 1 is 0.611 bits per heavy atom. The van der Waals surface area contributed by atoms with Crippen molar-refractivity contribution in [1.29, 1.82) is 0 Å². The number of ether oxygens (including phenoxy) is 2. The van der Waals surface area contributed by atoms with Crippen LogP contribution in [-0.4, -0.2) is 82.7 Å². The summed E-state index contributed by atoms with van der Waals surface area (Å²) in [5, 5.41) is 0. The van der Waals surface area contributed by atoms with Crippen LogP contribution in [0.1, 0.15) is 107 Å². The zero-order chi connectivity index (χ0) is 27.8. The molecule has 2 aliphatic heterocycles. The quantitative estimate of drug-likeness (QED) is 0.332. The number of carbonyl (C=O) groups is 2. The first-order chi connectivity index (χ1) is 16.2. The molecule has 0 aromatic carbocycles. The standard InChI is InChI=1S/C28H54N4O4/c1-25(2)17-21(35-23(29)33)18-26(3,4)31(25,9)15-13-11-12-14-16-32(10)27(5,6)19-22(36-24(30)34)20-28(32,7)8/h21-22H,11-20H2,1-10H3,(H2-2,29,30,33,34)/p+2. The van der Waals surface area contributed by atoms with Crippen LogP contribution in [0.4, 0.5) is 9.59 Å². The van der Waals surface area contributed by atoms with Crippen LogP contribution < -0.4 is 11.5 Å². The van der Waals surface area contributed by atoms with Gasteiger partial charge in [0.15, 0.2) is 0 Å². The topological polar surface area (TPSA) is 105 Å². The molecular formula is C28H56N4O4+2. The zero-order valence-corrected chi connectivity index (χ0v) is 24.9. The maximum absolute atomic E-state index is 11.4. The van der Waals surface area contributed by atoms with E-state index in [0.29, 0.717) is 0 Å². The van der Waals surface area contributed by atoms with Gasteiger partial charge >= 0.3 is 12.2 Å². The van der Waals surface area contributed by atoms with Gasteiger partial charge in [0.1, 0.15) is 12.2 Å². The third-order valence-electron chi connectivity index (χ3n) is 10.8. The highest BCUT2D eigenvalue weighted by atomic mass is 16.6. The molecule has 0 aliphatic carbocycles. The lowest BCUT2D eigenvalue weighted by Crippen LogP contribution is -2.73. The third-order valence-corrected chi connectivity index (χ3v) is 10.8. The number of rotatable bonds is 9. The van der Waals surface area contributed by atoms with Gasteiger partial charge in [-0.1, -0.05) is 0 Å². The summed E-state index contributed by atoms with van der Waals surface area (Å²) in [6, 6.07) is 0. The molecule has 0 aromatic heterocycles. The van der Waals surface area contributed by atoms with Gasteiger partial charge in [-0.05, 0) is 81.1 Å². The SMILES string of the molecule is CC1(C)CC(OC(N)=O)CC(C)(C)[N+]1(C)CCCCCC[N+]1(C)C(C)(C)CC(OC(N)=O)CC1(C)C. The normalized spacial score (nSPS) is 34.5. The van der Waals surface area contributed by atoms with Crippen LogP contribution in [0.2, 0.25) is 0 Å². The molecule has 0 saturated carbocycles. The number of primary amides is 2. The molecule has 0 bridgehead atoms. The summed E-state index contributed by atoms with van der Waals surface area (Å²) in [5.74, 6) is 0. The fraction of sp³-hybridized carbons (Fsp3) is 0.929. The Kier molecular flexibility index (Phi) is 8.79. The minimum atomic E-state index is -0.671. The molecule has 2 amide bonds. The van der Waals surface area contributed by atoms with Crippen molar-refractivity contribution in [2.24, 2.45) is 11.5 Å². The molecule has 2 aliphatic rings. The second-order valence-corrected chi connectivity index (χ2v) is 14.4. The first-order valence-corrected chi connectivity index (χ1v) is 13.8. The number of piperidine rings is 2. The van der Waals surface area contributed by atoms with Crippen molar-refractivity contribution in [2.75, 3.05) is 27.2 Å². The monoisotopic (exact) mass is 512 g/mol. The van der Waals surface area contributed by atoms with Crippen molar-refractivity contribution in [2.45, 2.75) is 141 Å². The molecule has 2 heterocycles. The van der Waals surface area contributed by atoms with Gasteiger partial charge in [0, 0.05) is 25.7 Å². The van der Waals surface area contributed by atoms with Gasteiger partial charge in [0.2, 0.25) is 0 Å². The Balaban J connectivity index is 1.93. The van der Waals surface area contributed by atoms with E-state index in [0.717, 1.165) is 47.7 Å². The number of nitrogens with two attached hydrogens (primary N) is 2. The van der Waals surface area contributed by atoms with Crippen LogP contribution >= 0.6 is 0 Å². The van der Waals surface area contributed by atoms with Gasteiger partial charge in [-0.15, -0.1) is 0 Å². The summed E-state index contributed by atoms with van der Waals surface area (Å²) in [6.45, 7) is 20.6. The minimum absolute atomic E-state index is 0.00803. The number of likely N-dealkylation sites (tertiary alicyclic amines) is 2. The van der Waals surface area contributed by atoms with Crippen molar-refractivity contribution >= 4 is 12.2 Å². The van der Waals surface area contributed by atoms with Gasteiger partial charge < -0.3 is 29.9 Å². The van der Waals surface area contributed by atoms with E-state index in [-0.39, 0.29) is 34.4 Å². The fourth-order valence-corrected chi connectivity index (χ4v) is 7.73. The predicted molar refractivity (Wildman–Crippen MR) is 144 cm³/mol.